The lowest BCUT2D eigenvalue weighted by atomic mass is 10.3. The van der Waals surface area contributed by atoms with E-state index >= 15 is 0 Å². The first-order valence-electron chi connectivity index (χ1n) is 5.91. The van der Waals surface area contributed by atoms with Crippen LogP contribution in [0, 0.1) is 0 Å². The fraction of sp³-hybridized carbons (Fsp3) is 0.818. The van der Waals surface area contributed by atoms with Crippen LogP contribution in [0.4, 0.5) is 0 Å². The van der Waals surface area contributed by atoms with Crippen molar-refractivity contribution in [3.05, 3.63) is 0 Å². The summed E-state index contributed by atoms with van der Waals surface area (Å²) < 4.78 is 0. The lowest BCUT2D eigenvalue weighted by Crippen LogP contribution is -2.41. The molecule has 1 aliphatic heterocycles. The maximum Gasteiger partial charge on any atom is 0.224 e. The average Bonchev–Trinajstić information content (AvgIpc) is 2.68. The van der Waals surface area contributed by atoms with Crippen LogP contribution in [0.1, 0.15) is 33.1 Å². The van der Waals surface area contributed by atoms with E-state index in [0.717, 1.165) is 25.9 Å². The number of nitrogens with one attached hydrogen (secondary N) is 2. The fourth-order valence-electron chi connectivity index (χ4n) is 1.72. The van der Waals surface area contributed by atoms with E-state index in [4.69, 9.17) is 12.2 Å². The van der Waals surface area contributed by atoms with E-state index in [-0.39, 0.29) is 5.91 Å². The Bertz CT molecular complexity index is 250. The molecule has 0 unspecified atom stereocenters. The molecule has 2 N–H and O–H groups in total. The van der Waals surface area contributed by atoms with E-state index in [9.17, 15) is 4.79 Å². The van der Waals surface area contributed by atoms with Gasteiger partial charge in [-0.25, -0.2) is 0 Å². The van der Waals surface area contributed by atoms with E-state index < -0.39 is 0 Å². The first-order valence-corrected chi connectivity index (χ1v) is 6.32. The van der Waals surface area contributed by atoms with Crippen molar-refractivity contribution in [2.75, 3.05) is 19.6 Å². The molecule has 0 aromatic rings. The molecule has 0 bridgehead atoms. The van der Waals surface area contributed by atoms with Crippen LogP contribution in [0.5, 0.6) is 0 Å². The van der Waals surface area contributed by atoms with Gasteiger partial charge in [0.2, 0.25) is 5.91 Å². The van der Waals surface area contributed by atoms with Gasteiger partial charge in [0.15, 0.2) is 5.11 Å². The molecule has 1 fully saturated rings. The zero-order chi connectivity index (χ0) is 12.0. The molecular formula is C11H21N3OS. The van der Waals surface area contributed by atoms with Gasteiger partial charge < -0.3 is 15.5 Å². The molecule has 0 saturated carbocycles. The van der Waals surface area contributed by atoms with Crippen molar-refractivity contribution in [3.8, 4) is 0 Å². The second kappa shape index (κ2) is 6.68. The van der Waals surface area contributed by atoms with Gasteiger partial charge in [-0.15, -0.1) is 0 Å². The minimum Gasteiger partial charge on any atom is -0.362 e. The first-order chi connectivity index (χ1) is 7.59. The van der Waals surface area contributed by atoms with E-state index in [1.807, 2.05) is 18.7 Å². The molecule has 1 rings (SSSR count). The summed E-state index contributed by atoms with van der Waals surface area (Å²) in [6.45, 7) is 6.53. The largest absolute Gasteiger partial charge is 0.362 e. The highest BCUT2D eigenvalue weighted by Gasteiger charge is 2.16. The SMILES string of the molecule is CC(C)NC(=S)NCCC(=O)N1CCCC1. The Morgan fingerprint density at radius 3 is 2.56 bits per heavy atom. The second-order valence-electron chi connectivity index (χ2n) is 4.39. The van der Waals surface area contributed by atoms with Crippen molar-refractivity contribution >= 4 is 23.2 Å². The zero-order valence-electron chi connectivity index (χ0n) is 10.1. The molecule has 1 heterocycles. The minimum atomic E-state index is 0.234. The van der Waals surface area contributed by atoms with Crippen LogP contribution in [0.2, 0.25) is 0 Å². The molecule has 0 atom stereocenters. The average molecular weight is 243 g/mol. The number of rotatable bonds is 4. The van der Waals surface area contributed by atoms with E-state index in [1.165, 1.54) is 0 Å². The van der Waals surface area contributed by atoms with Crippen molar-refractivity contribution in [2.45, 2.75) is 39.2 Å². The Kier molecular flexibility index (Phi) is 5.52. The number of thiocarbonyl (C=S) groups is 1. The van der Waals surface area contributed by atoms with E-state index in [1.54, 1.807) is 0 Å². The van der Waals surface area contributed by atoms with Crippen LogP contribution in [0.15, 0.2) is 0 Å². The van der Waals surface area contributed by atoms with Crippen LogP contribution < -0.4 is 10.6 Å². The summed E-state index contributed by atoms with van der Waals surface area (Å²) in [4.78, 5) is 13.6. The molecule has 0 aromatic carbocycles. The monoisotopic (exact) mass is 243 g/mol. The summed E-state index contributed by atoms with van der Waals surface area (Å²) in [5.74, 6) is 0.234. The molecule has 92 valence electrons. The quantitative estimate of drug-likeness (QED) is 0.719. The van der Waals surface area contributed by atoms with Gasteiger partial charge in [0.1, 0.15) is 0 Å². The molecule has 1 aliphatic rings. The standard InChI is InChI=1S/C11H21N3OS/c1-9(2)13-11(16)12-6-5-10(15)14-7-3-4-8-14/h9H,3-8H2,1-2H3,(H2,12,13,16). The third-order valence-corrected chi connectivity index (χ3v) is 2.77. The van der Waals surface area contributed by atoms with Crippen molar-refractivity contribution in [3.63, 3.8) is 0 Å². The summed E-state index contributed by atoms with van der Waals surface area (Å²) in [5.41, 5.74) is 0. The number of amides is 1. The van der Waals surface area contributed by atoms with Gasteiger partial charge in [0.05, 0.1) is 0 Å². The molecule has 0 spiro atoms. The highest BCUT2D eigenvalue weighted by Crippen LogP contribution is 2.08. The first kappa shape index (κ1) is 13.2. The third kappa shape index (κ3) is 4.79. The Labute approximate surface area is 103 Å². The number of hydrogen-bond acceptors (Lipinski definition) is 2. The lowest BCUT2D eigenvalue weighted by molar-refractivity contribution is -0.129. The number of nitrogens with zero attached hydrogens (tertiary/aromatic N) is 1. The fourth-order valence-corrected chi connectivity index (χ4v) is 2.06. The molecule has 0 radical (unpaired) electrons. The topological polar surface area (TPSA) is 44.4 Å². The van der Waals surface area contributed by atoms with Gasteiger partial charge in [-0.3, -0.25) is 4.79 Å². The Morgan fingerprint density at radius 2 is 2.00 bits per heavy atom. The van der Waals surface area contributed by atoms with E-state index in [2.05, 4.69) is 10.6 Å². The summed E-state index contributed by atoms with van der Waals surface area (Å²) >= 11 is 5.07. The molecule has 1 saturated heterocycles. The molecule has 1 amide bonds. The predicted octanol–water partition coefficient (Wildman–Crippen LogP) is 0.871. The maximum atomic E-state index is 11.7. The second-order valence-corrected chi connectivity index (χ2v) is 4.80. The van der Waals surface area contributed by atoms with Crippen LogP contribution >= 0.6 is 12.2 Å². The normalized spacial score (nSPS) is 15.3. The summed E-state index contributed by atoms with van der Waals surface area (Å²) in [6.07, 6.45) is 2.82. The van der Waals surface area contributed by atoms with Gasteiger partial charge in [-0.05, 0) is 38.9 Å². The molecule has 0 aromatic heterocycles. The lowest BCUT2D eigenvalue weighted by Gasteiger charge is -2.16. The van der Waals surface area contributed by atoms with Crippen molar-refractivity contribution in [1.82, 2.24) is 15.5 Å². The number of likely N-dealkylation sites (tertiary alicyclic amines) is 1. The Hall–Kier alpha value is -0.840. The number of hydrogen-bond donors (Lipinski definition) is 2. The van der Waals surface area contributed by atoms with Crippen LogP contribution in [-0.2, 0) is 4.79 Å². The number of carbonyl (C=O) groups is 1. The van der Waals surface area contributed by atoms with Gasteiger partial charge in [-0.1, -0.05) is 0 Å². The highest BCUT2D eigenvalue weighted by molar-refractivity contribution is 7.80. The molecule has 16 heavy (non-hydrogen) atoms. The third-order valence-electron chi connectivity index (χ3n) is 2.50. The Balaban J connectivity index is 2.10. The predicted molar refractivity (Wildman–Crippen MR) is 69.3 cm³/mol. The summed E-state index contributed by atoms with van der Waals surface area (Å²) in [5, 5.41) is 6.75. The summed E-state index contributed by atoms with van der Waals surface area (Å²) in [7, 11) is 0. The molecule has 4 nitrogen and oxygen atoms in total. The molecular weight excluding hydrogens is 222 g/mol. The summed E-state index contributed by atoms with van der Waals surface area (Å²) in [6, 6.07) is 0.328. The van der Waals surface area contributed by atoms with Crippen molar-refractivity contribution in [1.29, 1.82) is 0 Å². The van der Waals surface area contributed by atoms with Gasteiger partial charge in [0.25, 0.3) is 0 Å². The van der Waals surface area contributed by atoms with E-state index in [0.29, 0.717) is 24.1 Å². The molecule has 5 heteroatoms. The Morgan fingerprint density at radius 1 is 1.38 bits per heavy atom. The number of carbonyl (C=O) groups excluding carboxylic acids is 1. The molecule has 0 aliphatic carbocycles. The van der Waals surface area contributed by atoms with Gasteiger partial charge >= 0.3 is 0 Å². The minimum absolute atomic E-state index is 0.234. The van der Waals surface area contributed by atoms with Crippen molar-refractivity contribution in [2.24, 2.45) is 0 Å². The van der Waals surface area contributed by atoms with Crippen LogP contribution in [0.3, 0.4) is 0 Å². The van der Waals surface area contributed by atoms with Gasteiger partial charge in [-0.2, -0.15) is 0 Å². The van der Waals surface area contributed by atoms with Crippen molar-refractivity contribution < 1.29 is 4.79 Å². The zero-order valence-corrected chi connectivity index (χ0v) is 10.9. The highest BCUT2D eigenvalue weighted by atomic mass is 32.1. The van der Waals surface area contributed by atoms with Crippen LogP contribution in [0.25, 0.3) is 0 Å². The van der Waals surface area contributed by atoms with Gasteiger partial charge in [0, 0.05) is 32.1 Å². The smallest absolute Gasteiger partial charge is 0.224 e. The maximum absolute atomic E-state index is 11.7. The van der Waals surface area contributed by atoms with Crippen LogP contribution in [-0.4, -0.2) is 41.6 Å².